The van der Waals surface area contributed by atoms with E-state index in [1.165, 1.54) is 7.11 Å². The summed E-state index contributed by atoms with van der Waals surface area (Å²) in [5.74, 6) is -0.822. The molecule has 0 spiro atoms. The van der Waals surface area contributed by atoms with Gasteiger partial charge < -0.3 is 15.8 Å². The van der Waals surface area contributed by atoms with Crippen LogP contribution in [0.2, 0.25) is 0 Å². The zero-order chi connectivity index (χ0) is 14.3. The molecule has 0 heterocycles. The minimum absolute atomic E-state index is 0.339. The van der Waals surface area contributed by atoms with E-state index < -0.39 is 18.1 Å². The number of rotatable bonds is 6. The fourth-order valence-electron chi connectivity index (χ4n) is 1.65. The number of amides is 1. The van der Waals surface area contributed by atoms with E-state index in [-0.39, 0.29) is 5.91 Å². The third-order valence-electron chi connectivity index (χ3n) is 2.84. The van der Waals surface area contributed by atoms with Gasteiger partial charge in [0, 0.05) is 0 Å². The van der Waals surface area contributed by atoms with Gasteiger partial charge in [-0.1, -0.05) is 30.3 Å². The lowest BCUT2D eigenvalue weighted by molar-refractivity contribution is -0.144. The number of aryl methyl sites for hydroxylation is 1. The maximum Gasteiger partial charge on any atom is 0.328 e. The number of benzene rings is 1. The summed E-state index contributed by atoms with van der Waals surface area (Å²) in [4.78, 5) is 22.9. The Labute approximate surface area is 113 Å². The maximum absolute atomic E-state index is 11.8. The molecule has 1 aromatic carbocycles. The molecule has 0 bridgehead atoms. The normalized spacial score (nSPS) is 13.4. The van der Waals surface area contributed by atoms with Crippen LogP contribution in [0.3, 0.4) is 0 Å². The Bertz CT molecular complexity index is 420. The van der Waals surface area contributed by atoms with Crippen molar-refractivity contribution >= 4 is 11.9 Å². The Morgan fingerprint density at radius 1 is 1.32 bits per heavy atom. The Hall–Kier alpha value is -1.88. The fourth-order valence-corrected chi connectivity index (χ4v) is 1.65. The molecule has 0 aliphatic carbocycles. The lowest BCUT2D eigenvalue weighted by atomic mass is 10.1. The molecular weight excluding hydrogens is 244 g/mol. The third kappa shape index (κ3) is 5.09. The number of carbonyl (C=O) groups excluding carboxylic acids is 2. The van der Waals surface area contributed by atoms with Crippen LogP contribution in [0.4, 0.5) is 0 Å². The molecule has 104 valence electrons. The Morgan fingerprint density at radius 3 is 2.53 bits per heavy atom. The minimum atomic E-state index is -0.680. The number of hydrogen-bond donors (Lipinski definition) is 2. The molecule has 2 atom stereocenters. The molecule has 0 radical (unpaired) electrons. The largest absolute Gasteiger partial charge is 0.467 e. The SMILES string of the molecule is COC(=O)C(C)NC(=O)[C@@H](N)CCc1ccccc1. The van der Waals surface area contributed by atoms with Gasteiger partial charge in [-0.25, -0.2) is 4.79 Å². The number of nitrogens with one attached hydrogen (secondary N) is 1. The fraction of sp³-hybridized carbons (Fsp3) is 0.429. The molecule has 0 fully saturated rings. The van der Waals surface area contributed by atoms with Crippen molar-refractivity contribution in [2.24, 2.45) is 5.73 Å². The van der Waals surface area contributed by atoms with E-state index in [4.69, 9.17) is 5.73 Å². The van der Waals surface area contributed by atoms with E-state index in [1.54, 1.807) is 6.92 Å². The first kappa shape index (κ1) is 15.2. The highest BCUT2D eigenvalue weighted by molar-refractivity contribution is 5.87. The highest BCUT2D eigenvalue weighted by atomic mass is 16.5. The number of methoxy groups -OCH3 is 1. The summed E-state index contributed by atoms with van der Waals surface area (Å²) in [6.07, 6.45) is 1.26. The molecule has 0 aromatic heterocycles. The van der Waals surface area contributed by atoms with Crippen LogP contribution in [0, 0.1) is 0 Å². The summed E-state index contributed by atoms with van der Waals surface area (Å²) in [5, 5.41) is 2.53. The van der Waals surface area contributed by atoms with Crippen molar-refractivity contribution < 1.29 is 14.3 Å². The first-order chi connectivity index (χ1) is 9.04. The van der Waals surface area contributed by atoms with E-state index in [1.807, 2.05) is 30.3 Å². The predicted molar refractivity (Wildman–Crippen MR) is 72.4 cm³/mol. The van der Waals surface area contributed by atoms with Crippen molar-refractivity contribution in [1.29, 1.82) is 0 Å². The maximum atomic E-state index is 11.8. The summed E-state index contributed by atoms with van der Waals surface area (Å²) in [6, 6.07) is 8.49. The molecular formula is C14H20N2O3. The van der Waals surface area contributed by atoms with Gasteiger partial charge >= 0.3 is 5.97 Å². The molecule has 19 heavy (non-hydrogen) atoms. The molecule has 1 amide bonds. The summed E-state index contributed by atoms with van der Waals surface area (Å²) in [6.45, 7) is 1.56. The van der Waals surface area contributed by atoms with Gasteiger partial charge in [-0.15, -0.1) is 0 Å². The van der Waals surface area contributed by atoms with Gasteiger partial charge in [0.15, 0.2) is 0 Å². The monoisotopic (exact) mass is 264 g/mol. The van der Waals surface area contributed by atoms with Gasteiger partial charge in [0.25, 0.3) is 0 Å². The van der Waals surface area contributed by atoms with Crippen LogP contribution in [0.1, 0.15) is 18.9 Å². The van der Waals surface area contributed by atoms with Gasteiger partial charge in [-0.05, 0) is 25.3 Å². The smallest absolute Gasteiger partial charge is 0.328 e. The molecule has 5 heteroatoms. The van der Waals surface area contributed by atoms with Crippen molar-refractivity contribution in [1.82, 2.24) is 5.32 Å². The van der Waals surface area contributed by atoms with Crippen molar-refractivity contribution in [2.45, 2.75) is 31.8 Å². The average molecular weight is 264 g/mol. The lowest BCUT2D eigenvalue weighted by Gasteiger charge is -2.15. The zero-order valence-corrected chi connectivity index (χ0v) is 11.3. The van der Waals surface area contributed by atoms with Crippen LogP contribution in [-0.2, 0) is 20.7 Å². The molecule has 0 saturated heterocycles. The number of hydrogen-bond acceptors (Lipinski definition) is 4. The van der Waals surface area contributed by atoms with Gasteiger partial charge in [0.05, 0.1) is 13.2 Å². The van der Waals surface area contributed by atoms with Crippen molar-refractivity contribution in [3.05, 3.63) is 35.9 Å². The van der Waals surface area contributed by atoms with Crippen LogP contribution < -0.4 is 11.1 Å². The third-order valence-corrected chi connectivity index (χ3v) is 2.84. The summed E-state index contributed by atoms with van der Waals surface area (Å²) in [5.41, 5.74) is 6.92. The van der Waals surface area contributed by atoms with E-state index in [0.717, 1.165) is 12.0 Å². The molecule has 1 unspecified atom stereocenters. The van der Waals surface area contributed by atoms with E-state index in [2.05, 4.69) is 10.1 Å². The molecule has 0 aliphatic rings. The molecule has 0 saturated carbocycles. The first-order valence-electron chi connectivity index (χ1n) is 6.22. The Kier molecular flexibility index (Phi) is 6.02. The molecule has 1 aromatic rings. The van der Waals surface area contributed by atoms with Crippen molar-refractivity contribution in [3.63, 3.8) is 0 Å². The number of nitrogens with two attached hydrogens (primary N) is 1. The Balaban J connectivity index is 2.39. The minimum Gasteiger partial charge on any atom is -0.467 e. The number of carbonyl (C=O) groups is 2. The first-order valence-corrected chi connectivity index (χ1v) is 6.22. The van der Waals surface area contributed by atoms with Gasteiger partial charge in [-0.2, -0.15) is 0 Å². The molecule has 1 rings (SSSR count). The summed E-state index contributed by atoms with van der Waals surface area (Å²) in [7, 11) is 1.28. The van der Waals surface area contributed by atoms with Gasteiger partial charge in [0.2, 0.25) is 5.91 Å². The highest BCUT2D eigenvalue weighted by Gasteiger charge is 2.20. The quantitative estimate of drug-likeness (QED) is 0.738. The summed E-state index contributed by atoms with van der Waals surface area (Å²) >= 11 is 0. The lowest BCUT2D eigenvalue weighted by Crippen LogP contribution is -2.47. The number of esters is 1. The Morgan fingerprint density at radius 2 is 1.95 bits per heavy atom. The van der Waals surface area contributed by atoms with E-state index >= 15 is 0 Å². The second-order valence-electron chi connectivity index (χ2n) is 4.38. The van der Waals surface area contributed by atoms with Crippen LogP contribution in [0.15, 0.2) is 30.3 Å². The average Bonchev–Trinajstić information content (AvgIpc) is 2.44. The highest BCUT2D eigenvalue weighted by Crippen LogP contribution is 2.04. The second-order valence-corrected chi connectivity index (χ2v) is 4.38. The van der Waals surface area contributed by atoms with Crippen LogP contribution in [-0.4, -0.2) is 31.1 Å². The van der Waals surface area contributed by atoms with Crippen LogP contribution in [0.5, 0.6) is 0 Å². The summed E-state index contributed by atoms with van der Waals surface area (Å²) < 4.78 is 4.53. The molecule has 0 aliphatic heterocycles. The van der Waals surface area contributed by atoms with E-state index in [0.29, 0.717) is 6.42 Å². The topological polar surface area (TPSA) is 81.4 Å². The van der Waals surface area contributed by atoms with Gasteiger partial charge in [-0.3, -0.25) is 4.79 Å². The predicted octanol–water partition coefficient (Wildman–Crippen LogP) is 0.624. The molecule has 3 N–H and O–H groups in total. The second kappa shape index (κ2) is 7.53. The van der Waals surface area contributed by atoms with E-state index in [9.17, 15) is 9.59 Å². The number of ether oxygens (including phenoxy) is 1. The van der Waals surface area contributed by atoms with Crippen molar-refractivity contribution in [2.75, 3.05) is 7.11 Å². The zero-order valence-electron chi connectivity index (χ0n) is 11.3. The van der Waals surface area contributed by atoms with Gasteiger partial charge in [0.1, 0.15) is 6.04 Å². The van der Waals surface area contributed by atoms with Crippen LogP contribution in [0.25, 0.3) is 0 Å². The standard InChI is InChI=1S/C14H20N2O3/c1-10(14(18)19-2)16-13(17)12(15)9-8-11-6-4-3-5-7-11/h3-7,10,12H,8-9,15H2,1-2H3,(H,16,17)/t10?,12-/m0/s1. The van der Waals surface area contributed by atoms with Crippen LogP contribution >= 0.6 is 0 Å². The molecule has 5 nitrogen and oxygen atoms in total. The van der Waals surface area contributed by atoms with Crippen molar-refractivity contribution in [3.8, 4) is 0 Å².